The number of aryl methyl sites for hydroxylation is 1. The molecule has 0 bridgehead atoms. The van der Waals surface area contributed by atoms with Crippen molar-refractivity contribution in [3.8, 4) is 0 Å². The molecular weight excluding hydrogens is 318 g/mol. The van der Waals surface area contributed by atoms with E-state index in [1.165, 1.54) is 12.8 Å². The van der Waals surface area contributed by atoms with Crippen LogP contribution < -0.4 is 0 Å². The summed E-state index contributed by atoms with van der Waals surface area (Å²) in [5.74, 6) is 4.25. The second kappa shape index (κ2) is 6.49. The van der Waals surface area contributed by atoms with Crippen LogP contribution in [-0.2, 0) is 13.6 Å². The molecule has 2 atom stereocenters. The van der Waals surface area contributed by atoms with E-state index in [1.54, 1.807) is 0 Å². The normalized spacial score (nSPS) is 22.8. The fraction of sp³-hybridized carbons (Fsp3) is 0.765. The third-order valence-corrected chi connectivity index (χ3v) is 5.60. The Kier molecular flexibility index (Phi) is 4.33. The van der Waals surface area contributed by atoms with E-state index in [9.17, 15) is 0 Å². The van der Waals surface area contributed by atoms with Crippen LogP contribution in [-0.4, -0.2) is 60.9 Å². The monoisotopic (exact) mass is 345 g/mol. The molecule has 25 heavy (non-hydrogen) atoms. The van der Waals surface area contributed by atoms with E-state index >= 15 is 0 Å². The maximum Gasteiger partial charge on any atom is 0.243 e. The predicted octanol–water partition coefficient (Wildman–Crippen LogP) is 1.65. The summed E-state index contributed by atoms with van der Waals surface area (Å²) < 4.78 is 7.52. The lowest BCUT2D eigenvalue weighted by Gasteiger charge is -2.25. The largest absolute Gasteiger partial charge is 0.338 e. The average Bonchev–Trinajstić information content (AvgIpc) is 2.99. The van der Waals surface area contributed by atoms with Gasteiger partial charge >= 0.3 is 0 Å². The van der Waals surface area contributed by atoms with Gasteiger partial charge in [-0.1, -0.05) is 5.16 Å². The number of likely N-dealkylation sites (tertiary alicyclic amines) is 1. The van der Waals surface area contributed by atoms with Gasteiger partial charge in [0.1, 0.15) is 11.6 Å². The first-order valence-corrected chi connectivity index (χ1v) is 9.15. The molecule has 3 heterocycles. The van der Waals surface area contributed by atoms with Gasteiger partial charge in [-0.3, -0.25) is 9.80 Å². The van der Waals surface area contributed by atoms with Crippen LogP contribution in [0.5, 0.6) is 0 Å². The highest BCUT2D eigenvalue weighted by atomic mass is 16.5. The zero-order chi connectivity index (χ0) is 17.6. The zero-order valence-electron chi connectivity index (χ0n) is 15.5. The highest BCUT2D eigenvalue weighted by Crippen LogP contribution is 2.38. The molecule has 0 radical (unpaired) electrons. The molecule has 1 saturated heterocycles. The Labute approximate surface area is 148 Å². The number of aromatic nitrogens is 5. The van der Waals surface area contributed by atoms with Crippen LogP contribution in [0.2, 0.25) is 0 Å². The summed E-state index contributed by atoms with van der Waals surface area (Å²) in [5, 5.41) is 12.7. The minimum atomic E-state index is 0.163. The molecule has 1 aliphatic heterocycles. The third-order valence-electron chi connectivity index (χ3n) is 5.60. The lowest BCUT2D eigenvalue weighted by Crippen LogP contribution is -2.35. The van der Waals surface area contributed by atoms with Crippen LogP contribution in [0.1, 0.15) is 61.5 Å². The summed E-state index contributed by atoms with van der Waals surface area (Å²) in [4.78, 5) is 9.19. The SMILES string of the molecule is Cc1noc([C@@H](C)N2CC[C@H](N(C)Cc3nnc(C4CC4)n3C)C2)n1. The van der Waals surface area contributed by atoms with Crippen molar-refractivity contribution in [3.05, 3.63) is 23.4 Å². The van der Waals surface area contributed by atoms with E-state index in [4.69, 9.17) is 4.52 Å². The van der Waals surface area contributed by atoms with E-state index in [2.05, 4.69) is 55.7 Å². The number of rotatable bonds is 6. The van der Waals surface area contributed by atoms with Gasteiger partial charge in [0.15, 0.2) is 5.82 Å². The molecule has 2 fully saturated rings. The fourth-order valence-electron chi connectivity index (χ4n) is 3.68. The lowest BCUT2D eigenvalue weighted by atomic mass is 10.2. The van der Waals surface area contributed by atoms with Gasteiger partial charge in [-0.05, 0) is 40.2 Å². The molecule has 8 heteroatoms. The molecule has 0 spiro atoms. The van der Waals surface area contributed by atoms with E-state index in [0.717, 1.165) is 37.7 Å². The predicted molar refractivity (Wildman–Crippen MR) is 91.9 cm³/mol. The van der Waals surface area contributed by atoms with E-state index in [1.807, 2.05) is 6.92 Å². The summed E-state index contributed by atoms with van der Waals surface area (Å²) in [6.07, 6.45) is 3.65. The summed E-state index contributed by atoms with van der Waals surface area (Å²) >= 11 is 0. The van der Waals surface area contributed by atoms with Gasteiger partial charge in [0.25, 0.3) is 0 Å². The number of hydrogen-bond acceptors (Lipinski definition) is 7. The van der Waals surface area contributed by atoms with Crippen molar-refractivity contribution >= 4 is 0 Å². The minimum Gasteiger partial charge on any atom is -0.338 e. The van der Waals surface area contributed by atoms with E-state index in [-0.39, 0.29) is 6.04 Å². The van der Waals surface area contributed by atoms with Gasteiger partial charge in [-0.15, -0.1) is 10.2 Å². The van der Waals surface area contributed by atoms with Crippen LogP contribution in [0.3, 0.4) is 0 Å². The number of nitrogens with zero attached hydrogens (tertiary/aromatic N) is 7. The van der Waals surface area contributed by atoms with Crippen LogP contribution in [0.25, 0.3) is 0 Å². The molecule has 8 nitrogen and oxygen atoms in total. The average molecular weight is 345 g/mol. The maximum absolute atomic E-state index is 5.34. The van der Waals surface area contributed by atoms with Crippen molar-refractivity contribution in [2.45, 2.75) is 57.7 Å². The summed E-state index contributed by atoms with van der Waals surface area (Å²) in [5.41, 5.74) is 0. The highest BCUT2D eigenvalue weighted by molar-refractivity contribution is 5.08. The van der Waals surface area contributed by atoms with E-state index in [0.29, 0.717) is 23.7 Å². The Morgan fingerprint density at radius 2 is 2.08 bits per heavy atom. The molecule has 2 aromatic heterocycles. The van der Waals surface area contributed by atoms with Crippen molar-refractivity contribution in [3.63, 3.8) is 0 Å². The Morgan fingerprint density at radius 1 is 1.28 bits per heavy atom. The van der Waals surface area contributed by atoms with Gasteiger partial charge in [0.2, 0.25) is 5.89 Å². The molecule has 136 valence electrons. The van der Waals surface area contributed by atoms with Gasteiger partial charge in [-0.2, -0.15) is 4.98 Å². The first-order valence-electron chi connectivity index (χ1n) is 9.15. The van der Waals surface area contributed by atoms with Crippen LogP contribution in [0.4, 0.5) is 0 Å². The summed E-state index contributed by atoms with van der Waals surface area (Å²) in [6, 6.07) is 0.670. The molecule has 0 amide bonds. The quantitative estimate of drug-likeness (QED) is 0.788. The highest BCUT2D eigenvalue weighted by Gasteiger charge is 2.33. The summed E-state index contributed by atoms with van der Waals surface area (Å²) in [6.45, 7) is 6.88. The first-order chi connectivity index (χ1) is 12.0. The molecule has 0 unspecified atom stereocenters. The summed E-state index contributed by atoms with van der Waals surface area (Å²) in [7, 11) is 4.28. The van der Waals surface area contributed by atoms with E-state index < -0.39 is 0 Å². The standard InChI is InChI=1S/C17H27N7O/c1-11(17-18-12(2)21-25-17)24-8-7-14(9-24)22(3)10-15-19-20-16(23(15)4)13-5-6-13/h11,13-14H,5-10H2,1-4H3/t11-,14+/m1/s1. The molecule has 2 aliphatic rings. The Hall–Kier alpha value is -1.80. The second-order valence-corrected chi connectivity index (χ2v) is 7.52. The fourth-order valence-corrected chi connectivity index (χ4v) is 3.68. The molecular formula is C17H27N7O. The van der Waals surface area contributed by atoms with Gasteiger partial charge in [-0.25, -0.2) is 0 Å². The van der Waals surface area contributed by atoms with Crippen LogP contribution in [0, 0.1) is 6.92 Å². The molecule has 2 aromatic rings. The van der Waals surface area contributed by atoms with Crippen molar-refractivity contribution in [1.29, 1.82) is 0 Å². The van der Waals surface area contributed by atoms with Crippen molar-refractivity contribution in [2.24, 2.45) is 7.05 Å². The zero-order valence-corrected chi connectivity index (χ0v) is 15.5. The maximum atomic E-state index is 5.34. The lowest BCUT2D eigenvalue weighted by molar-refractivity contribution is 0.177. The van der Waals surface area contributed by atoms with Crippen molar-refractivity contribution in [2.75, 3.05) is 20.1 Å². The Morgan fingerprint density at radius 3 is 2.76 bits per heavy atom. The van der Waals surface area contributed by atoms with Gasteiger partial charge < -0.3 is 9.09 Å². The molecule has 1 aliphatic carbocycles. The topological polar surface area (TPSA) is 76.1 Å². The van der Waals surface area contributed by atoms with Gasteiger partial charge in [0, 0.05) is 32.1 Å². The second-order valence-electron chi connectivity index (χ2n) is 7.52. The van der Waals surface area contributed by atoms with Crippen LogP contribution in [0.15, 0.2) is 4.52 Å². The molecule has 0 N–H and O–H groups in total. The number of likely N-dealkylation sites (N-methyl/N-ethyl adjacent to an activating group) is 1. The van der Waals surface area contributed by atoms with Crippen molar-refractivity contribution in [1.82, 2.24) is 34.7 Å². The molecule has 0 aromatic carbocycles. The van der Waals surface area contributed by atoms with Crippen LogP contribution >= 0.6 is 0 Å². The first kappa shape index (κ1) is 16.7. The Bertz CT molecular complexity index is 735. The van der Waals surface area contributed by atoms with Crippen molar-refractivity contribution < 1.29 is 4.52 Å². The smallest absolute Gasteiger partial charge is 0.243 e. The molecule has 1 saturated carbocycles. The van der Waals surface area contributed by atoms with Gasteiger partial charge in [0.05, 0.1) is 12.6 Å². The molecule has 4 rings (SSSR count). The third kappa shape index (κ3) is 3.32. The minimum absolute atomic E-state index is 0.163. The number of hydrogen-bond donors (Lipinski definition) is 0. The Balaban J connectivity index is 1.36.